The number of rotatable bonds is 7. The van der Waals surface area contributed by atoms with Crippen molar-refractivity contribution in [3.05, 3.63) is 29.3 Å². The molecule has 0 radical (unpaired) electrons. The van der Waals surface area contributed by atoms with Crippen LogP contribution in [0.2, 0.25) is 0 Å². The first kappa shape index (κ1) is 15.0. The smallest absolute Gasteiger partial charge is 0.0396 e. The van der Waals surface area contributed by atoms with Gasteiger partial charge in [0.25, 0.3) is 0 Å². The topological polar surface area (TPSA) is 15.3 Å². The summed E-state index contributed by atoms with van der Waals surface area (Å²) in [5.74, 6) is 0. The van der Waals surface area contributed by atoms with Crippen LogP contribution in [0.1, 0.15) is 45.2 Å². The van der Waals surface area contributed by atoms with Crippen molar-refractivity contribution in [2.45, 2.75) is 53.6 Å². The summed E-state index contributed by atoms with van der Waals surface area (Å²) in [6.07, 6.45) is 1.20. The third kappa shape index (κ3) is 4.34. The number of hydrogen-bond acceptors (Lipinski definition) is 2. The zero-order valence-corrected chi connectivity index (χ0v) is 12.6. The molecule has 0 amide bonds. The average Bonchev–Trinajstić information content (AvgIpc) is 2.34. The van der Waals surface area contributed by atoms with Crippen molar-refractivity contribution < 1.29 is 0 Å². The second-order valence-electron chi connectivity index (χ2n) is 5.24. The third-order valence-electron chi connectivity index (χ3n) is 3.19. The van der Waals surface area contributed by atoms with Crippen molar-refractivity contribution in [2.24, 2.45) is 0 Å². The van der Waals surface area contributed by atoms with Crippen LogP contribution in [0.3, 0.4) is 0 Å². The van der Waals surface area contributed by atoms with Crippen molar-refractivity contribution in [3.8, 4) is 0 Å². The van der Waals surface area contributed by atoms with E-state index in [4.69, 9.17) is 0 Å². The Morgan fingerprint density at radius 1 is 1.22 bits per heavy atom. The quantitative estimate of drug-likeness (QED) is 0.791. The van der Waals surface area contributed by atoms with Gasteiger partial charge in [0.15, 0.2) is 0 Å². The second-order valence-corrected chi connectivity index (χ2v) is 5.24. The Labute approximate surface area is 112 Å². The van der Waals surface area contributed by atoms with Crippen LogP contribution in [0.5, 0.6) is 0 Å². The monoisotopic (exact) mass is 248 g/mol. The molecule has 102 valence electrons. The lowest BCUT2D eigenvalue weighted by atomic mass is 10.1. The first-order valence-corrected chi connectivity index (χ1v) is 7.16. The summed E-state index contributed by atoms with van der Waals surface area (Å²) < 4.78 is 0. The molecule has 0 saturated carbocycles. The molecule has 0 aromatic heterocycles. The average molecular weight is 248 g/mol. The maximum Gasteiger partial charge on any atom is 0.0396 e. The molecule has 0 aliphatic carbocycles. The normalized spacial score (nSPS) is 11.0. The Morgan fingerprint density at radius 2 is 1.94 bits per heavy atom. The van der Waals surface area contributed by atoms with Gasteiger partial charge in [-0.15, -0.1) is 0 Å². The van der Waals surface area contributed by atoms with Crippen LogP contribution < -0.4 is 10.2 Å². The fourth-order valence-electron chi connectivity index (χ4n) is 2.22. The predicted molar refractivity (Wildman–Crippen MR) is 81.3 cm³/mol. The van der Waals surface area contributed by atoms with Crippen LogP contribution in [0.25, 0.3) is 0 Å². The Bertz CT molecular complexity index is 358. The van der Waals surface area contributed by atoms with E-state index in [9.17, 15) is 0 Å². The van der Waals surface area contributed by atoms with Gasteiger partial charge in [-0.1, -0.05) is 32.9 Å². The molecule has 0 fully saturated rings. The lowest BCUT2D eigenvalue weighted by Crippen LogP contribution is -2.25. The lowest BCUT2D eigenvalue weighted by molar-refractivity contribution is 0.588. The van der Waals surface area contributed by atoms with Gasteiger partial charge < -0.3 is 10.2 Å². The highest BCUT2D eigenvalue weighted by atomic mass is 15.1. The summed E-state index contributed by atoms with van der Waals surface area (Å²) in [5, 5.41) is 3.46. The van der Waals surface area contributed by atoms with Crippen molar-refractivity contribution in [1.29, 1.82) is 0 Å². The summed E-state index contributed by atoms with van der Waals surface area (Å²) in [6, 6.07) is 7.36. The first-order chi connectivity index (χ1) is 8.58. The molecule has 0 heterocycles. The third-order valence-corrected chi connectivity index (χ3v) is 3.19. The highest BCUT2D eigenvalue weighted by Crippen LogP contribution is 2.21. The molecule has 1 aromatic rings. The largest absolute Gasteiger partial charge is 0.372 e. The summed E-state index contributed by atoms with van der Waals surface area (Å²) in [6.45, 7) is 14.2. The molecule has 1 aromatic carbocycles. The highest BCUT2D eigenvalue weighted by Gasteiger charge is 2.07. The van der Waals surface area contributed by atoms with Crippen LogP contribution in [-0.2, 0) is 6.54 Å². The minimum absolute atomic E-state index is 0.539. The predicted octanol–water partition coefficient (Wildman–Crippen LogP) is 3.73. The molecule has 0 aliphatic rings. The van der Waals surface area contributed by atoms with E-state index >= 15 is 0 Å². The maximum atomic E-state index is 3.46. The van der Waals surface area contributed by atoms with Crippen LogP contribution in [-0.4, -0.2) is 19.1 Å². The van der Waals surface area contributed by atoms with Gasteiger partial charge in [-0.05, 0) is 37.5 Å². The Hall–Kier alpha value is -1.02. The minimum Gasteiger partial charge on any atom is -0.372 e. The van der Waals surface area contributed by atoms with E-state index in [-0.39, 0.29) is 0 Å². The van der Waals surface area contributed by atoms with E-state index < -0.39 is 0 Å². The van der Waals surface area contributed by atoms with Gasteiger partial charge in [-0.25, -0.2) is 0 Å². The van der Waals surface area contributed by atoms with Crippen molar-refractivity contribution in [2.75, 3.05) is 18.0 Å². The van der Waals surface area contributed by atoms with E-state index in [1.807, 2.05) is 0 Å². The molecule has 0 unspecified atom stereocenters. The number of nitrogens with one attached hydrogen (secondary N) is 1. The Balaban J connectivity index is 2.78. The fourth-order valence-corrected chi connectivity index (χ4v) is 2.22. The zero-order chi connectivity index (χ0) is 13.5. The van der Waals surface area contributed by atoms with Gasteiger partial charge in [-0.2, -0.15) is 0 Å². The number of aryl methyl sites for hydroxylation is 1. The summed E-state index contributed by atoms with van der Waals surface area (Å²) >= 11 is 0. The Morgan fingerprint density at radius 3 is 2.44 bits per heavy atom. The van der Waals surface area contributed by atoms with Crippen LogP contribution in [0.4, 0.5) is 5.69 Å². The molecule has 0 aliphatic heterocycles. The van der Waals surface area contributed by atoms with E-state index in [0.717, 1.165) is 19.6 Å². The lowest BCUT2D eigenvalue weighted by Gasteiger charge is -2.25. The van der Waals surface area contributed by atoms with E-state index in [1.165, 1.54) is 23.2 Å². The second kappa shape index (κ2) is 7.42. The van der Waals surface area contributed by atoms with Gasteiger partial charge >= 0.3 is 0 Å². The molecule has 2 nitrogen and oxygen atoms in total. The van der Waals surface area contributed by atoms with E-state index in [0.29, 0.717) is 6.04 Å². The SMILES string of the molecule is CCCN(CC)c1ccc(CNC(C)C)cc1C. The molecule has 1 rings (SSSR count). The molecule has 18 heavy (non-hydrogen) atoms. The maximum absolute atomic E-state index is 3.46. The van der Waals surface area contributed by atoms with Crippen molar-refractivity contribution in [1.82, 2.24) is 5.32 Å². The van der Waals surface area contributed by atoms with Crippen LogP contribution in [0, 0.1) is 6.92 Å². The molecule has 1 N–H and O–H groups in total. The van der Waals surface area contributed by atoms with Crippen molar-refractivity contribution in [3.63, 3.8) is 0 Å². The summed E-state index contributed by atoms with van der Waals surface area (Å²) in [7, 11) is 0. The molecule has 0 atom stereocenters. The standard InChI is InChI=1S/C16H28N2/c1-6-10-18(7-2)16-9-8-15(11-14(16)5)12-17-13(3)4/h8-9,11,13,17H,6-7,10,12H2,1-5H3. The van der Waals surface area contributed by atoms with Gasteiger partial charge in [0.05, 0.1) is 0 Å². The minimum atomic E-state index is 0.539. The number of anilines is 1. The van der Waals surface area contributed by atoms with E-state index in [1.54, 1.807) is 0 Å². The highest BCUT2D eigenvalue weighted by molar-refractivity contribution is 5.54. The van der Waals surface area contributed by atoms with Gasteiger partial charge in [-0.3, -0.25) is 0 Å². The number of hydrogen-bond donors (Lipinski definition) is 1. The number of nitrogens with zero attached hydrogens (tertiary/aromatic N) is 1. The van der Waals surface area contributed by atoms with Crippen molar-refractivity contribution >= 4 is 5.69 Å². The van der Waals surface area contributed by atoms with Gasteiger partial charge in [0.1, 0.15) is 0 Å². The molecule has 2 heteroatoms. The molecular weight excluding hydrogens is 220 g/mol. The van der Waals surface area contributed by atoms with Crippen LogP contribution >= 0.6 is 0 Å². The Kier molecular flexibility index (Phi) is 6.20. The van der Waals surface area contributed by atoms with Crippen LogP contribution in [0.15, 0.2) is 18.2 Å². The summed E-state index contributed by atoms with van der Waals surface area (Å²) in [5.41, 5.74) is 4.14. The first-order valence-electron chi connectivity index (χ1n) is 7.16. The molecule has 0 spiro atoms. The summed E-state index contributed by atoms with van der Waals surface area (Å²) in [4.78, 5) is 2.45. The zero-order valence-electron chi connectivity index (χ0n) is 12.6. The molecule has 0 saturated heterocycles. The van der Waals surface area contributed by atoms with Gasteiger partial charge in [0.2, 0.25) is 0 Å². The van der Waals surface area contributed by atoms with Gasteiger partial charge in [0, 0.05) is 31.4 Å². The molecule has 0 bridgehead atoms. The molecular formula is C16H28N2. The number of benzene rings is 1. The fraction of sp³-hybridized carbons (Fsp3) is 0.625. The van der Waals surface area contributed by atoms with E-state index in [2.05, 4.69) is 63.0 Å².